The number of rotatable bonds is 4. The molecule has 0 radical (unpaired) electrons. The van der Waals surface area contributed by atoms with Gasteiger partial charge in [0.1, 0.15) is 5.75 Å². The normalized spacial score (nSPS) is 11.2. The number of nitrogens with zero attached hydrogens (tertiary/aromatic N) is 4. The second-order valence-electron chi connectivity index (χ2n) is 6.16. The van der Waals surface area contributed by atoms with Crippen LogP contribution in [0.3, 0.4) is 0 Å². The van der Waals surface area contributed by atoms with Gasteiger partial charge in [-0.2, -0.15) is 4.98 Å². The SMILES string of the molecule is CCc1c2ccc(Oc3ccnc(N(C)C)n3)cc2n2ccccc12. The molecule has 1 aromatic carbocycles. The summed E-state index contributed by atoms with van der Waals surface area (Å²) in [5.74, 6) is 1.93. The number of hydrogen-bond donors (Lipinski definition) is 0. The van der Waals surface area contributed by atoms with Crippen molar-refractivity contribution in [2.75, 3.05) is 19.0 Å². The summed E-state index contributed by atoms with van der Waals surface area (Å²) in [6, 6.07) is 14.3. The maximum absolute atomic E-state index is 5.98. The molecule has 0 amide bonds. The number of fused-ring (bicyclic) bond motifs is 3. The zero-order valence-corrected chi connectivity index (χ0v) is 14.6. The van der Waals surface area contributed by atoms with Crippen molar-refractivity contribution in [2.24, 2.45) is 0 Å². The maximum atomic E-state index is 5.98. The molecule has 0 bridgehead atoms. The van der Waals surface area contributed by atoms with Crippen LogP contribution in [0.4, 0.5) is 5.95 Å². The largest absolute Gasteiger partial charge is 0.439 e. The molecule has 0 spiro atoms. The van der Waals surface area contributed by atoms with Crippen LogP contribution in [-0.2, 0) is 6.42 Å². The van der Waals surface area contributed by atoms with Crippen LogP contribution in [0.15, 0.2) is 54.9 Å². The molecule has 0 aliphatic rings. The molecule has 126 valence electrons. The van der Waals surface area contributed by atoms with Gasteiger partial charge in [-0.15, -0.1) is 0 Å². The summed E-state index contributed by atoms with van der Waals surface area (Å²) in [7, 11) is 3.81. The zero-order valence-electron chi connectivity index (χ0n) is 14.6. The fourth-order valence-corrected chi connectivity index (χ4v) is 3.16. The minimum absolute atomic E-state index is 0.537. The quantitative estimate of drug-likeness (QED) is 0.559. The molecule has 0 unspecified atom stereocenters. The standard InChI is InChI=1S/C20H20N4O/c1-4-15-16-9-8-14(13-18(16)24-12-6-5-7-17(15)24)25-19-10-11-21-20(22-19)23(2)3/h5-13H,4H2,1-3H3. The topological polar surface area (TPSA) is 42.7 Å². The van der Waals surface area contributed by atoms with E-state index < -0.39 is 0 Å². The molecule has 4 aromatic rings. The number of benzene rings is 1. The molecule has 0 aliphatic heterocycles. The number of hydrogen-bond acceptors (Lipinski definition) is 4. The van der Waals surface area contributed by atoms with Crippen LogP contribution in [0.2, 0.25) is 0 Å². The smallest absolute Gasteiger partial charge is 0.228 e. The Morgan fingerprint density at radius 3 is 2.76 bits per heavy atom. The van der Waals surface area contributed by atoms with Crippen molar-refractivity contribution in [2.45, 2.75) is 13.3 Å². The zero-order chi connectivity index (χ0) is 17.4. The van der Waals surface area contributed by atoms with Gasteiger partial charge in [0.15, 0.2) is 0 Å². The van der Waals surface area contributed by atoms with Crippen molar-refractivity contribution < 1.29 is 4.74 Å². The highest BCUT2D eigenvalue weighted by molar-refractivity contribution is 5.93. The van der Waals surface area contributed by atoms with E-state index in [1.807, 2.05) is 31.1 Å². The third-order valence-electron chi connectivity index (χ3n) is 4.32. The van der Waals surface area contributed by atoms with Crippen LogP contribution >= 0.6 is 0 Å². The molecule has 0 saturated heterocycles. The van der Waals surface area contributed by atoms with Gasteiger partial charge in [-0.25, -0.2) is 4.98 Å². The number of anilines is 1. The predicted octanol–water partition coefficient (Wildman–Crippen LogP) is 4.30. The third kappa shape index (κ3) is 2.67. The summed E-state index contributed by atoms with van der Waals surface area (Å²) >= 11 is 0. The lowest BCUT2D eigenvalue weighted by molar-refractivity contribution is 0.462. The van der Waals surface area contributed by atoms with Crippen molar-refractivity contribution >= 4 is 22.4 Å². The van der Waals surface area contributed by atoms with Crippen molar-refractivity contribution in [1.82, 2.24) is 14.4 Å². The predicted molar refractivity (Wildman–Crippen MR) is 101 cm³/mol. The van der Waals surface area contributed by atoms with Gasteiger partial charge in [0.2, 0.25) is 11.8 Å². The molecule has 0 saturated carbocycles. The third-order valence-corrected chi connectivity index (χ3v) is 4.32. The first-order valence-corrected chi connectivity index (χ1v) is 8.37. The van der Waals surface area contributed by atoms with Crippen molar-refractivity contribution in [3.63, 3.8) is 0 Å². The van der Waals surface area contributed by atoms with Gasteiger partial charge in [-0.3, -0.25) is 0 Å². The summed E-state index contributed by atoms with van der Waals surface area (Å²) in [6.07, 6.45) is 4.79. The Balaban J connectivity index is 1.79. The molecule has 0 aliphatic carbocycles. The van der Waals surface area contributed by atoms with Crippen molar-refractivity contribution in [3.8, 4) is 11.6 Å². The first-order chi connectivity index (χ1) is 12.2. The van der Waals surface area contributed by atoms with Crippen LogP contribution in [0.25, 0.3) is 16.4 Å². The summed E-state index contributed by atoms with van der Waals surface area (Å²) in [6.45, 7) is 2.19. The van der Waals surface area contributed by atoms with Crippen molar-refractivity contribution in [3.05, 3.63) is 60.4 Å². The highest BCUT2D eigenvalue weighted by atomic mass is 16.5. The summed E-state index contributed by atoms with van der Waals surface area (Å²) in [5.41, 5.74) is 3.75. The number of ether oxygens (including phenoxy) is 1. The Bertz CT molecular complexity index is 1050. The average Bonchev–Trinajstić information content (AvgIpc) is 2.95. The van der Waals surface area contributed by atoms with E-state index in [4.69, 9.17) is 4.74 Å². The molecule has 0 atom stereocenters. The first kappa shape index (κ1) is 15.4. The summed E-state index contributed by atoms with van der Waals surface area (Å²) < 4.78 is 8.19. The molecule has 4 rings (SSSR count). The lowest BCUT2D eigenvalue weighted by Crippen LogP contribution is -2.12. The van der Waals surface area contributed by atoms with E-state index in [0.29, 0.717) is 11.8 Å². The highest BCUT2D eigenvalue weighted by Crippen LogP contribution is 2.31. The molecule has 5 heteroatoms. The van der Waals surface area contributed by atoms with Crippen molar-refractivity contribution in [1.29, 1.82) is 0 Å². The van der Waals surface area contributed by atoms with Crippen LogP contribution < -0.4 is 9.64 Å². The van der Waals surface area contributed by atoms with Gasteiger partial charge in [0.25, 0.3) is 0 Å². The molecule has 5 nitrogen and oxygen atoms in total. The minimum atomic E-state index is 0.537. The van der Waals surface area contributed by atoms with E-state index in [2.05, 4.69) is 51.8 Å². The number of pyridine rings is 1. The van der Waals surface area contributed by atoms with E-state index in [9.17, 15) is 0 Å². The van der Waals surface area contributed by atoms with Gasteiger partial charge in [0, 0.05) is 49.5 Å². The Morgan fingerprint density at radius 2 is 1.96 bits per heavy atom. The Kier molecular flexibility index (Phi) is 3.76. The van der Waals surface area contributed by atoms with E-state index >= 15 is 0 Å². The molecule has 0 fully saturated rings. The molecule has 25 heavy (non-hydrogen) atoms. The second kappa shape index (κ2) is 6.09. The molecule has 0 N–H and O–H groups in total. The number of aromatic nitrogens is 3. The fraction of sp³-hybridized carbons (Fsp3) is 0.200. The van der Waals surface area contributed by atoms with E-state index in [-0.39, 0.29) is 0 Å². The van der Waals surface area contributed by atoms with Gasteiger partial charge in [-0.1, -0.05) is 13.0 Å². The molecule has 3 aromatic heterocycles. The molecular weight excluding hydrogens is 312 g/mol. The van der Waals surface area contributed by atoms with Gasteiger partial charge < -0.3 is 14.0 Å². The van der Waals surface area contributed by atoms with Gasteiger partial charge >= 0.3 is 0 Å². The molecular formula is C20H20N4O. The second-order valence-corrected chi connectivity index (χ2v) is 6.16. The first-order valence-electron chi connectivity index (χ1n) is 8.37. The van der Waals surface area contributed by atoms with Gasteiger partial charge in [0.05, 0.1) is 5.52 Å². The van der Waals surface area contributed by atoms with Crippen LogP contribution in [-0.4, -0.2) is 28.5 Å². The molecule has 3 heterocycles. The highest BCUT2D eigenvalue weighted by Gasteiger charge is 2.11. The average molecular weight is 332 g/mol. The van der Waals surface area contributed by atoms with E-state index in [0.717, 1.165) is 17.7 Å². The summed E-state index contributed by atoms with van der Waals surface area (Å²) in [5, 5.41) is 1.26. The number of aryl methyl sites for hydroxylation is 1. The van der Waals surface area contributed by atoms with Gasteiger partial charge in [-0.05, 0) is 36.2 Å². The van der Waals surface area contributed by atoms with E-state index in [1.165, 1.54) is 16.5 Å². The summed E-state index contributed by atoms with van der Waals surface area (Å²) in [4.78, 5) is 10.5. The van der Waals surface area contributed by atoms with E-state index in [1.54, 1.807) is 12.3 Å². The Morgan fingerprint density at radius 1 is 1.08 bits per heavy atom. The van der Waals surface area contributed by atoms with Crippen LogP contribution in [0.5, 0.6) is 11.6 Å². The Labute approximate surface area is 146 Å². The maximum Gasteiger partial charge on any atom is 0.228 e. The Hall–Kier alpha value is -3.08. The monoisotopic (exact) mass is 332 g/mol. The van der Waals surface area contributed by atoms with Crippen LogP contribution in [0.1, 0.15) is 12.5 Å². The van der Waals surface area contributed by atoms with Crippen LogP contribution in [0, 0.1) is 0 Å². The minimum Gasteiger partial charge on any atom is -0.439 e. The fourth-order valence-electron chi connectivity index (χ4n) is 3.16. The lowest BCUT2D eigenvalue weighted by atomic mass is 10.1. The lowest BCUT2D eigenvalue weighted by Gasteiger charge is -2.11.